The van der Waals surface area contributed by atoms with Gasteiger partial charge in [-0.1, -0.05) is 23.7 Å². The number of aryl methyl sites for hydroxylation is 1. The van der Waals surface area contributed by atoms with Gasteiger partial charge in [0.2, 0.25) is 5.91 Å². The topological polar surface area (TPSA) is 134 Å². The molecule has 194 valence electrons. The van der Waals surface area contributed by atoms with Crippen LogP contribution in [0.15, 0.2) is 29.3 Å². The zero-order valence-corrected chi connectivity index (χ0v) is 22.5. The highest BCUT2D eigenvalue weighted by Gasteiger charge is 2.36. The average molecular weight is 532 g/mol. The van der Waals surface area contributed by atoms with Crippen molar-refractivity contribution in [1.29, 1.82) is 10.8 Å². The van der Waals surface area contributed by atoms with Crippen LogP contribution >= 0.6 is 22.9 Å². The van der Waals surface area contributed by atoms with Crippen molar-refractivity contribution in [1.82, 2.24) is 5.32 Å². The van der Waals surface area contributed by atoms with Gasteiger partial charge < -0.3 is 31.3 Å². The monoisotopic (exact) mass is 531 g/mol. The first-order valence-electron chi connectivity index (χ1n) is 11.9. The maximum atomic E-state index is 12.8. The smallest absolute Gasteiger partial charge is 0.222 e. The van der Waals surface area contributed by atoms with Crippen molar-refractivity contribution in [2.45, 2.75) is 39.2 Å². The number of hydrogen-bond donors (Lipinski definition) is 4. The minimum Gasteiger partial charge on any atom is -0.378 e. The zero-order valence-electron chi connectivity index (χ0n) is 20.9. The Morgan fingerprint density at radius 3 is 2.47 bits per heavy atom. The van der Waals surface area contributed by atoms with Crippen LogP contribution in [0.25, 0.3) is 0 Å². The van der Waals surface area contributed by atoms with Crippen LogP contribution in [0.3, 0.4) is 0 Å². The summed E-state index contributed by atoms with van der Waals surface area (Å²) in [5.41, 5.74) is 9.64. The van der Waals surface area contributed by atoms with Gasteiger partial charge in [0, 0.05) is 50.4 Å². The molecule has 2 heterocycles. The molecule has 1 aliphatic heterocycles. The fourth-order valence-electron chi connectivity index (χ4n) is 4.10. The number of ether oxygens (including phenoxy) is 2. The highest BCUT2D eigenvalue weighted by molar-refractivity contribution is 7.13. The summed E-state index contributed by atoms with van der Waals surface area (Å²) < 4.78 is 10.7. The fraction of sp³-hybridized carbons (Fsp3) is 0.462. The van der Waals surface area contributed by atoms with E-state index in [1.165, 1.54) is 0 Å². The molecule has 2 atom stereocenters. The van der Waals surface area contributed by atoms with Crippen molar-refractivity contribution < 1.29 is 14.3 Å². The summed E-state index contributed by atoms with van der Waals surface area (Å²) in [7, 11) is 0. The number of benzene rings is 1. The number of carbonyl (C=O) groups is 1. The average Bonchev–Trinajstić information content (AvgIpc) is 3.05. The molecule has 1 amide bonds. The summed E-state index contributed by atoms with van der Waals surface area (Å²) in [5.74, 6) is -0.730. The molecule has 5 N–H and O–H groups in total. The van der Waals surface area contributed by atoms with Crippen molar-refractivity contribution in [2.75, 3.05) is 39.5 Å². The predicted molar refractivity (Wildman–Crippen MR) is 147 cm³/mol. The van der Waals surface area contributed by atoms with Crippen molar-refractivity contribution >= 4 is 46.0 Å². The summed E-state index contributed by atoms with van der Waals surface area (Å²) in [5, 5.41) is 21.0. The Bertz CT molecular complexity index is 1130. The predicted octanol–water partition coefficient (Wildman–Crippen LogP) is 3.88. The van der Waals surface area contributed by atoms with Crippen molar-refractivity contribution in [3.63, 3.8) is 0 Å². The van der Waals surface area contributed by atoms with Gasteiger partial charge in [-0.3, -0.25) is 9.79 Å². The first-order valence-corrected chi connectivity index (χ1v) is 13.1. The molecule has 1 aliphatic rings. The number of nitrogens with one attached hydrogen (secondary N) is 3. The number of amides is 1. The molecule has 0 aliphatic carbocycles. The molecular weight excluding hydrogens is 498 g/mol. The van der Waals surface area contributed by atoms with Crippen LogP contribution in [0.1, 0.15) is 45.7 Å². The van der Waals surface area contributed by atoms with Gasteiger partial charge in [0.15, 0.2) is 0 Å². The van der Waals surface area contributed by atoms with E-state index in [9.17, 15) is 4.79 Å². The molecule has 0 radical (unpaired) electrons. The van der Waals surface area contributed by atoms with Crippen LogP contribution in [0.4, 0.5) is 0 Å². The summed E-state index contributed by atoms with van der Waals surface area (Å²) in [6, 6.07) is 6.75. The van der Waals surface area contributed by atoms with Gasteiger partial charge in [-0.25, -0.2) is 0 Å². The molecule has 1 aromatic heterocycles. The van der Waals surface area contributed by atoms with Crippen LogP contribution in [-0.2, 0) is 14.3 Å². The van der Waals surface area contributed by atoms with Gasteiger partial charge in [-0.15, -0.1) is 11.3 Å². The fourth-order valence-corrected chi connectivity index (χ4v) is 5.59. The second-order valence-corrected chi connectivity index (χ2v) is 10.4. The molecule has 3 rings (SSSR count). The van der Waals surface area contributed by atoms with Gasteiger partial charge in [0.05, 0.1) is 50.5 Å². The summed E-state index contributed by atoms with van der Waals surface area (Å²) in [6.07, 6.45) is 0.0201. The standard InChI is InChI=1S/C26H34ClN5O3S/c1-15-17(3)36-26-22(15)25(18-4-6-19(27)7-5-18)32-20(24(30)23(26)16(2)29)14-21(33)31-9-11-35-13-12-34-10-8-28/h4-7,20,23,29-30H,8-14,28H2,1-3H3,(H,31,33)/t20-,23-/m0/s1. The normalized spacial score (nSPS) is 17.4. The van der Waals surface area contributed by atoms with E-state index in [1.54, 1.807) is 18.3 Å². The largest absolute Gasteiger partial charge is 0.378 e. The van der Waals surface area contributed by atoms with Gasteiger partial charge in [-0.2, -0.15) is 0 Å². The first-order chi connectivity index (χ1) is 17.2. The molecule has 2 aromatic rings. The van der Waals surface area contributed by atoms with Crippen LogP contribution in [-0.4, -0.2) is 68.6 Å². The molecule has 0 saturated heterocycles. The maximum absolute atomic E-state index is 12.8. The molecule has 0 unspecified atom stereocenters. The Hall–Kier alpha value is -2.43. The van der Waals surface area contributed by atoms with Crippen LogP contribution in [0, 0.1) is 24.7 Å². The van der Waals surface area contributed by atoms with Gasteiger partial charge in [-0.05, 0) is 38.5 Å². The number of halogens is 1. The number of hydrogen-bond acceptors (Lipinski definition) is 8. The molecule has 0 bridgehead atoms. The second kappa shape index (κ2) is 13.2. The number of nitrogens with zero attached hydrogens (tertiary/aromatic N) is 1. The molecule has 10 heteroatoms. The van der Waals surface area contributed by atoms with Crippen molar-refractivity contribution in [2.24, 2.45) is 10.7 Å². The maximum Gasteiger partial charge on any atom is 0.222 e. The quantitative estimate of drug-likeness (QED) is 0.244. The molecular formula is C26H34ClN5O3S. The van der Waals surface area contributed by atoms with E-state index < -0.39 is 12.0 Å². The second-order valence-electron chi connectivity index (χ2n) is 8.66. The van der Waals surface area contributed by atoms with Crippen LogP contribution < -0.4 is 11.1 Å². The molecule has 36 heavy (non-hydrogen) atoms. The van der Waals surface area contributed by atoms with E-state index in [0.29, 0.717) is 50.3 Å². The molecule has 0 saturated carbocycles. The van der Waals surface area contributed by atoms with E-state index >= 15 is 0 Å². The molecule has 8 nitrogen and oxygen atoms in total. The number of rotatable bonds is 12. The van der Waals surface area contributed by atoms with Crippen LogP contribution in [0.5, 0.6) is 0 Å². The Kier molecular flexibility index (Phi) is 10.3. The Morgan fingerprint density at radius 2 is 1.83 bits per heavy atom. The SMILES string of the molecule is CC(=N)[C@H]1C(=N)[C@H](CC(=O)NCCOCCOCCN)N=C(c2ccc(Cl)cc2)c2c1sc(C)c2C. The Labute approximate surface area is 221 Å². The number of aliphatic imine (C=N–C) groups is 1. The van der Waals surface area contributed by atoms with Gasteiger partial charge >= 0.3 is 0 Å². The molecule has 1 aromatic carbocycles. The van der Waals surface area contributed by atoms with Crippen molar-refractivity contribution in [3.05, 3.63) is 55.7 Å². The third-order valence-electron chi connectivity index (χ3n) is 6.00. The van der Waals surface area contributed by atoms with Gasteiger partial charge in [0.1, 0.15) is 0 Å². The summed E-state index contributed by atoms with van der Waals surface area (Å²) >= 11 is 7.73. The lowest BCUT2D eigenvalue weighted by atomic mass is 9.88. The summed E-state index contributed by atoms with van der Waals surface area (Å²) in [4.78, 5) is 19.8. The van der Waals surface area contributed by atoms with E-state index in [-0.39, 0.29) is 18.0 Å². The van der Waals surface area contributed by atoms with Crippen LogP contribution in [0.2, 0.25) is 5.02 Å². The van der Waals surface area contributed by atoms with E-state index in [1.807, 2.05) is 38.1 Å². The Morgan fingerprint density at radius 1 is 1.17 bits per heavy atom. The van der Waals surface area contributed by atoms with E-state index in [0.717, 1.165) is 32.2 Å². The number of nitrogens with two attached hydrogens (primary N) is 1. The first kappa shape index (κ1) is 28.1. The third-order valence-corrected chi connectivity index (χ3v) is 7.52. The Balaban J connectivity index is 1.81. The lowest BCUT2D eigenvalue weighted by Crippen LogP contribution is -2.35. The van der Waals surface area contributed by atoms with E-state index in [4.69, 9.17) is 42.6 Å². The number of carbonyl (C=O) groups excluding carboxylic acids is 1. The minimum atomic E-state index is -0.689. The minimum absolute atomic E-state index is 0.0201. The van der Waals surface area contributed by atoms with E-state index in [2.05, 4.69) is 5.32 Å². The molecule has 0 spiro atoms. The highest BCUT2D eigenvalue weighted by atomic mass is 35.5. The highest BCUT2D eigenvalue weighted by Crippen LogP contribution is 2.39. The van der Waals surface area contributed by atoms with Crippen molar-refractivity contribution in [3.8, 4) is 0 Å². The molecule has 0 fully saturated rings. The lowest BCUT2D eigenvalue weighted by Gasteiger charge is -2.20. The van der Waals surface area contributed by atoms with Gasteiger partial charge in [0.25, 0.3) is 0 Å². The summed E-state index contributed by atoms with van der Waals surface area (Å²) in [6.45, 7) is 8.37. The number of thiophene rings is 1. The zero-order chi connectivity index (χ0) is 26.2. The lowest BCUT2D eigenvalue weighted by molar-refractivity contribution is -0.121. The number of fused-ring (bicyclic) bond motifs is 1. The third kappa shape index (κ3) is 6.86.